The smallest absolute Gasteiger partial charge is 0.128 e. The van der Waals surface area contributed by atoms with Gasteiger partial charge in [0.25, 0.3) is 0 Å². The number of rotatable bonds is 5. The van der Waals surface area contributed by atoms with E-state index < -0.39 is 0 Å². The molecule has 0 saturated carbocycles. The molecule has 0 amide bonds. The molecule has 3 heterocycles. The lowest BCUT2D eigenvalue weighted by atomic mass is 10.1. The van der Waals surface area contributed by atoms with Crippen molar-refractivity contribution in [1.29, 1.82) is 0 Å². The second kappa shape index (κ2) is 5.90. The van der Waals surface area contributed by atoms with Gasteiger partial charge in [0.2, 0.25) is 0 Å². The summed E-state index contributed by atoms with van der Waals surface area (Å²) in [6.07, 6.45) is 7.16. The Hall–Kier alpha value is -1.81. The lowest BCUT2D eigenvalue weighted by Crippen LogP contribution is -2.10. The van der Waals surface area contributed by atoms with Gasteiger partial charge >= 0.3 is 0 Å². The van der Waals surface area contributed by atoms with Crippen molar-refractivity contribution >= 4 is 22.6 Å². The molecular formula is C16H18ClN3O. The van der Waals surface area contributed by atoms with E-state index in [1.165, 1.54) is 0 Å². The number of fused-ring (bicyclic) bond motifs is 1. The van der Waals surface area contributed by atoms with Crippen LogP contribution < -0.4 is 0 Å². The molecule has 0 bridgehead atoms. The number of alkyl halides is 1. The average molecular weight is 304 g/mol. The molecule has 3 aromatic rings. The fraction of sp³-hybridized carbons (Fsp3) is 0.375. The number of nitrogens with zero attached hydrogens (tertiary/aromatic N) is 3. The van der Waals surface area contributed by atoms with E-state index in [2.05, 4.69) is 21.5 Å². The van der Waals surface area contributed by atoms with Gasteiger partial charge in [-0.1, -0.05) is 0 Å². The zero-order valence-electron chi connectivity index (χ0n) is 12.2. The molecular weight excluding hydrogens is 286 g/mol. The Bertz CT molecular complexity index is 718. The fourth-order valence-corrected chi connectivity index (χ4v) is 2.80. The first-order valence-electron chi connectivity index (χ1n) is 7.15. The highest BCUT2D eigenvalue weighted by atomic mass is 35.5. The molecule has 110 valence electrons. The predicted octanol–water partition coefficient (Wildman–Crippen LogP) is 4.52. The fourth-order valence-electron chi connectivity index (χ4n) is 2.65. The van der Waals surface area contributed by atoms with Crippen molar-refractivity contribution in [2.45, 2.75) is 38.1 Å². The van der Waals surface area contributed by atoms with E-state index in [1.807, 2.05) is 25.1 Å². The van der Waals surface area contributed by atoms with Gasteiger partial charge in [-0.05, 0) is 38.5 Å². The predicted molar refractivity (Wildman–Crippen MR) is 83.5 cm³/mol. The molecule has 3 rings (SSSR count). The third-order valence-corrected chi connectivity index (χ3v) is 3.90. The number of pyridine rings is 1. The van der Waals surface area contributed by atoms with Crippen LogP contribution in [0.1, 0.15) is 43.3 Å². The van der Waals surface area contributed by atoms with E-state index in [-0.39, 0.29) is 5.38 Å². The van der Waals surface area contributed by atoms with Crippen molar-refractivity contribution in [2.24, 2.45) is 0 Å². The molecule has 0 spiro atoms. The first kappa shape index (κ1) is 14.1. The molecule has 3 aromatic heterocycles. The van der Waals surface area contributed by atoms with Crippen molar-refractivity contribution in [3.8, 4) is 0 Å². The summed E-state index contributed by atoms with van der Waals surface area (Å²) in [6.45, 7) is 4.14. The second-order valence-corrected chi connectivity index (χ2v) is 5.94. The molecule has 5 heteroatoms. The van der Waals surface area contributed by atoms with Crippen LogP contribution in [0, 0.1) is 0 Å². The van der Waals surface area contributed by atoms with Crippen LogP contribution in [0.4, 0.5) is 0 Å². The highest BCUT2D eigenvalue weighted by molar-refractivity contribution is 6.20. The minimum atomic E-state index is -0.136. The molecule has 0 fully saturated rings. The lowest BCUT2D eigenvalue weighted by Gasteiger charge is -2.18. The summed E-state index contributed by atoms with van der Waals surface area (Å²) in [7, 11) is 0. The van der Waals surface area contributed by atoms with Crippen molar-refractivity contribution < 1.29 is 4.42 Å². The normalized spacial score (nSPS) is 14.4. The Morgan fingerprint density at radius 1 is 1.33 bits per heavy atom. The van der Waals surface area contributed by atoms with Crippen molar-refractivity contribution in [1.82, 2.24) is 14.5 Å². The summed E-state index contributed by atoms with van der Waals surface area (Å²) in [4.78, 5) is 8.76. The minimum absolute atomic E-state index is 0.136. The van der Waals surface area contributed by atoms with Crippen LogP contribution >= 0.6 is 11.6 Å². The second-order valence-electron chi connectivity index (χ2n) is 5.29. The van der Waals surface area contributed by atoms with Gasteiger partial charge in [0.1, 0.15) is 17.1 Å². The van der Waals surface area contributed by atoms with Crippen molar-refractivity contribution in [3.05, 3.63) is 48.4 Å². The molecule has 0 N–H and O–H groups in total. The number of hydrogen-bond acceptors (Lipinski definition) is 3. The van der Waals surface area contributed by atoms with E-state index >= 15 is 0 Å². The Kier molecular flexibility index (Phi) is 3.97. The molecule has 21 heavy (non-hydrogen) atoms. The van der Waals surface area contributed by atoms with Crippen LogP contribution in [0.3, 0.4) is 0 Å². The zero-order chi connectivity index (χ0) is 14.8. The van der Waals surface area contributed by atoms with Gasteiger partial charge in [-0.25, -0.2) is 4.98 Å². The maximum absolute atomic E-state index is 6.30. The summed E-state index contributed by atoms with van der Waals surface area (Å²) in [6, 6.07) is 6.21. The van der Waals surface area contributed by atoms with Gasteiger partial charge in [0, 0.05) is 18.7 Å². The number of furan rings is 1. The number of aromatic nitrogens is 3. The first-order valence-corrected chi connectivity index (χ1v) is 7.58. The van der Waals surface area contributed by atoms with E-state index in [0.717, 1.165) is 35.5 Å². The van der Waals surface area contributed by atoms with Gasteiger partial charge in [-0.15, -0.1) is 11.6 Å². The van der Waals surface area contributed by atoms with E-state index in [0.29, 0.717) is 6.04 Å². The van der Waals surface area contributed by atoms with E-state index in [1.54, 1.807) is 18.7 Å². The monoisotopic (exact) mass is 303 g/mol. The van der Waals surface area contributed by atoms with Gasteiger partial charge in [0.15, 0.2) is 0 Å². The zero-order valence-corrected chi connectivity index (χ0v) is 12.9. The first-order chi connectivity index (χ1) is 10.2. The van der Waals surface area contributed by atoms with E-state index in [9.17, 15) is 0 Å². The quantitative estimate of drug-likeness (QED) is 0.651. The topological polar surface area (TPSA) is 43.9 Å². The number of halogens is 1. The Balaban J connectivity index is 1.92. The number of imidazole rings is 1. The number of hydrogen-bond donors (Lipinski definition) is 0. The SMILES string of the molecule is CC(Cl)c1nc2cnccc2n1C(C)CCc1ccco1. The summed E-state index contributed by atoms with van der Waals surface area (Å²) in [5, 5.41) is -0.136. The highest BCUT2D eigenvalue weighted by Gasteiger charge is 2.19. The Morgan fingerprint density at radius 2 is 2.19 bits per heavy atom. The maximum Gasteiger partial charge on any atom is 0.128 e. The molecule has 2 unspecified atom stereocenters. The summed E-state index contributed by atoms with van der Waals surface area (Å²) < 4.78 is 7.63. The van der Waals surface area contributed by atoms with Crippen LogP contribution in [-0.2, 0) is 6.42 Å². The van der Waals surface area contributed by atoms with Crippen molar-refractivity contribution in [2.75, 3.05) is 0 Å². The molecule has 0 saturated heterocycles. The summed E-state index contributed by atoms with van der Waals surface area (Å²) >= 11 is 6.30. The molecule has 0 aliphatic heterocycles. The van der Waals surface area contributed by atoms with Crippen LogP contribution in [0.25, 0.3) is 11.0 Å². The largest absolute Gasteiger partial charge is 0.469 e. The average Bonchev–Trinajstić information content (AvgIpc) is 3.11. The molecule has 4 nitrogen and oxygen atoms in total. The Morgan fingerprint density at radius 3 is 2.90 bits per heavy atom. The van der Waals surface area contributed by atoms with Gasteiger partial charge < -0.3 is 8.98 Å². The summed E-state index contributed by atoms with van der Waals surface area (Å²) in [5.41, 5.74) is 1.98. The van der Waals surface area contributed by atoms with Gasteiger partial charge in [-0.3, -0.25) is 4.98 Å². The third kappa shape index (κ3) is 2.81. The molecule has 2 atom stereocenters. The molecule has 0 aromatic carbocycles. The standard InChI is InChI=1S/C16H18ClN3O/c1-11(5-6-13-4-3-9-21-13)20-15-7-8-18-10-14(15)19-16(20)12(2)17/h3-4,7-12H,5-6H2,1-2H3. The van der Waals surface area contributed by atoms with Gasteiger partial charge in [-0.2, -0.15) is 0 Å². The van der Waals surface area contributed by atoms with Crippen LogP contribution in [0.5, 0.6) is 0 Å². The van der Waals surface area contributed by atoms with Gasteiger partial charge in [0.05, 0.1) is 23.4 Å². The maximum atomic E-state index is 6.30. The summed E-state index contributed by atoms with van der Waals surface area (Å²) in [5.74, 6) is 1.90. The molecule has 0 radical (unpaired) electrons. The van der Waals surface area contributed by atoms with Crippen molar-refractivity contribution in [3.63, 3.8) is 0 Å². The minimum Gasteiger partial charge on any atom is -0.469 e. The third-order valence-electron chi connectivity index (χ3n) is 3.70. The Labute approximate surface area is 128 Å². The number of aryl methyl sites for hydroxylation is 1. The highest BCUT2D eigenvalue weighted by Crippen LogP contribution is 2.29. The lowest BCUT2D eigenvalue weighted by molar-refractivity contribution is 0.450. The molecule has 0 aliphatic rings. The van der Waals surface area contributed by atoms with E-state index in [4.69, 9.17) is 16.0 Å². The van der Waals surface area contributed by atoms with Crippen LogP contribution in [0.2, 0.25) is 0 Å². The molecule has 0 aliphatic carbocycles. The van der Waals surface area contributed by atoms with Crippen LogP contribution in [0.15, 0.2) is 41.3 Å². The van der Waals surface area contributed by atoms with Crippen LogP contribution in [-0.4, -0.2) is 14.5 Å².